The molecule has 5 heteroatoms. The molecule has 0 fully saturated rings. The van der Waals surface area contributed by atoms with Crippen molar-refractivity contribution in [1.29, 1.82) is 0 Å². The average Bonchev–Trinajstić information content (AvgIpc) is 3.02. The summed E-state index contributed by atoms with van der Waals surface area (Å²) in [5, 5.41) is 3.71. The van der Waals surface area contributed by atoms with E-state index in [0.717, 1.165) is 22.0 Å². The first-order valence-corrected chi connectivity index (χ1v) is 7.73. The highest BCUT2D eigenvalue weighted by Gasteiger charge is 2.11. The van der Waals surface area contributed by atoms with E-state index >= 15 is 0 Å². The fourth-order valence-corrected chi connectivity index (χ4v) is 2.48. The lowest BCUT2D eigenvalue weighted by Gasteiger charge is -2.06. The van der Waals surface area contributed by atoms with Crippen LogP contribution in [-0.4, -0.2) is 23.5 Å². The van der Waals surface area contributed by atoms with Gasteiger partial charge in [-0.3, -0.25) is 9.59 Å². The van der Waals surface area contributed by atoms with Crippen LogP contribution in [0.5, 0.6) is 0 Å². The molecule has 0 aliphatic carbocycles. The first kappa shape index (κ1) is 15.8. The van der Waals surface area contributed by atoms with Crippen LogP contribution in [0.2, 0.25) is 0 Å². The molecule has 0 bridgehead atoms. The zero-order valence-electron chi connectivity index (χ0n) is 13.1. The lowest BCUT2D eigenvalue weighted by atomic mass is 10.1. The van der Waals surface area contributed by atoms with Crippen molar-refractivity contribution in [1.82, 2.24) is 10.3 Å². The Balaban J connectivity index is 1.46. The van der Waals surface area contributed by atoms with Crippen molar-refractivity contribution in [2.45, 2.75) is 13.0 Å². The number of aromatic amines is 1. The number of hydrogen-bond donors (Lipinski definition) is 2. The SMILES string of the molecule is O=C(COC(=O)Cc1c[nH]c2ccccc12)NCc1ccccc1. The minimum Gasteiger partial charge on any atom is -0.455 e. The maximum Gasteiger partial charge on any atom is 0.310 e. The Kier molecular flexibility index (Phi) is 4.91. The summed E-state index contributed by atoms with van der Waals surface area (Å²) in [5.41, 5.74) is 2.83. The number of amides is 1. The molecule has 122 valence electrons. The van der Waals surface area contributed by atoms with Gasteiger partial charge in [0.25, 0.3) is 5.91 Å². The Labute approximate surface area is 139 Å². The molecule has 3 aromatic rings. The van der Waals surface area contributed by atoms with Crippen LogP contribution in [0, 0.1) is 0 Å². The van der Waals surface area contributed by atoms with Crippen LogP contribution in [0.15, 0.2) is 60.8 Å². The van der Waals surface area contributed by atoms with Crippen LogP contribution in [0.25, 0.3) is 10.9 Å². The molecule has 0 spiro atoms. The largest absolute Gasteiger partial charge is 0.455 e. The number of rotatable bonds is 6. The summed E-state index contributed by atoms with van der Waals surface area (Å²) < 4.78 is 5.05. The summed E-state index contributed by atoms with van der Waals surface area (Å²) in [7, 11) is 0. The number of ether oxygens (including phenoxy) is 1. The van der Waals surface area contributed by atoms with E-state index in [1.165, 1.54) is 0 Å². The van der Waals surface area contributed by atoms with Crippen LogP contribution in [0.3, 0.4) is 0 Å². The van der Waals surface area contributed by atoms with Crippen molar-refractivity contribution < 1.29 is 14.3 Å². The molecule has 1 aromatic heterocycles. The van der Waals surface area contributed by atoms with Gasteiger partial charge in [-0.1, -0.05) is 48.5 Å². The van der Waals surface area contributed by atoms with E-state index in [2.05, 4.69) is 10.3 Å². The zero-order valence-corrected chi connectivity index (χ0v) is 13.1. The normalized spacial score (nSPS) is 10.5. The molecule has 5 nitrogen and oxygen atoms in total. The number of carbonyl (C=O) groups excluding carboxylic acids is 2. The molecule has 0 aliphatic rings. The molecule has 0 saturated heterocycles. The van der Waals surface area contributed by atoms with Gasteiger partial charge in [0, 0.05) is 23.6 Å². The topological polar surface area (TPSA) is 71.2 Å². The maximum atomic E-state index is 11.9. The molecular formula is C19H18N2O3. The third kappa shape index (κ3) is 4.01. The molecule has 2 aromatic carbocycles. The lowest BCUT2D eigenvalue weighted by Crippen LogP contribution is -2.28. The Morgan fingerprint density at radius 2 is 1.75 bits per heavy atom. The van der Waals surface area contributed by atoms with Crippen molar-refractivity contribution in [2.75, 3.05) is 6.61 Å². The van der Waals surface area contributed by atoms with E-state index in [1.807, 2.05) is 54.6 Å². The van der Waals surface area contributed by atoms with Crippen molar-refractivity contribution in [3.63, 3.8) is 0 Å². The third-order valence-electron chi connectivity index (χ3n) is 3.71. The minimum absolute atomic E-state index is 0.135. The highest BCUT2D eigenvalue weighted by atomic mass is 16.5. The molecule has 0 radical (unpaired) electrons. The number of carbonyl (C=O) groups is 2. The predicted octanol–water partition coefficient (Wildman–Crippen LogP) is 2.57. The fraction of sp³-hybridized carbons (Fsp3) is 0.158. The molecule has 2 N–H and O–H groups in total. The molecule has 24 heavy (non-hydrogen) atoms. The van der Waals surface area contributed by atoms with Crippen molar-refractivity contribution in [3.05, 3.63) is 71.9 Å². The van der Waals surface area contributed by atoms with E-state index in [0.29, 0.717) is 6.54 Å². The van der Waals surface area contributed by atoms with Gasteiger partial charge < -0.3 is 15.0 Å². The van der Waals surface area contributed by atoms with E-state index in [4.69, 9.17) is 4.74 Å². The van der Waals surface area contributed by atoms with Crippen molar-refractivity contribution in [3.8, 4) is 0 Å². The molecule has 0 aliphatic heterocycles. The van der Waals surface area contributed by atoms with Gasteiger partial charge in [0.2, 0.25) is 0 Å². The van der Waals surface area contributed by atoms with Gasteiger partial charge >= 0.3 is 5.97 Å². The number of para-hydroxylation sites is 1. The van der Waals surface area contributed by atoms with Gasteiger partial charge in [-0.2, -0.15) is 0 Å². The number of esters is 1. The number of H-pyrrole nitrogens is 1. The summed E-state index contributed by atoms with van der Waals surface area (Å²) in [4.78, 5) is 26.8. The molecule has 0 saturated carbocycles. The molecule has 0 atom stereocenters. The Morgan fingerprint density at radius 3 is 2.58 bits per heavy atom. The highest BCUT2D eigenvalue weighted by molar-refractivity contribution is 5.88. The third-order valence-corrected chi connectivity index (χ3v) is 3.71. The van der Waals surface area contributed by atoms with Gasteiger partial charge in [0.1, 0.15) is 0 Å². The quantitative estimate of drug-likeness (QED) is 0.685. The average molecular weight is 322 g/mol. The second-order valence-corrected chi connectivity index (χ2v) is 5.46. The van der Waals surface area contributed by atoms with Gasteiger partial charge in [0.05, 0.1) is 6.42 Å². The van der Waals surface area contributed by atoms with E-state index < -0.39 is 5.97 Å². The van der Waals surface area contributed by atoms with Gasteiger partial charge in [-0.05, 0) is 17.2 Å². The molecule has 3 rings (SSSR count). The Morgan fingerprint density at radius 1 is 1.00 bits per heavy atom. The number of aromatic nitrogens is 1. The highest BCUT2D eigenvalue weighted by Crippen LogP contribution is 2.18. The molecule has 0 unspecified atom stereocenters. The second kappa shape index (κ2) is 7.46. The zero-order chi connectivity index (χ0) is 16.8. The summed E-state index contributed by atoms with van der Waals surface area (Å²) in [6.45, 7) is 0.147. The summed E-state index contributed by atoms with van der Waals surface area (Å²) >= 11 is 0. The standard InChI is InChI=1S/C19H18N2O3/c22-18(21-11-14-6-2-1-3-7-14)13-24-19(23)10-15-12-20-17-9-5-4-8-16(15)17/h1-9,12,20H,10-11,13H2,(H,21,22). The van der Waals surface area contributed by atoms with Crippen molar-refractivity contribution >= 4 is 22.8 Å². The Bertz CT molecular complexity index is 840. The number of nitrogens with one attached hydrogen (secondary N) is 2. The van der Waals surface area contributed by atoms with Crippen LogP contribution >= 0.6 is 0 Å². The number of benzene rings is 2. The van der Waals surface area contributed by atoms with Crippen LogP contribution in [0.1, 0.15) is 11.1 Å². The molecule has 1 heterocycles. The summed E-state index contributed by atoms with van der Waals surface area (Å²) in [6.07, 6.45) is 1.93. The number of hydrogen-bond acceptors (Lipinski definition) is 3. The van der Waals surface area contributed by atoms with Crippen LogP contribution in [0.4, 0.5) is 0 Å². The first-order chi connectivity index (χ1) is 11.7. The minimum atomic E-state index is -0.422. The van der Waals surface area contributed by atoms with Gasteiger partial charge in [-0.25, -0.2) is 0 Å². The predicted molar refractivity (Wildman–Crippen MR) is 91.3 cm³/mol. The monoisotopic (exact) mass is 322 g/mol. The van der Waals surface area contributed by atoms with Crippen LogP contribution < -0.4 is 5.32 Å². The summed E-state index contributed by atoms with van der Waals surface area (Å²) in [6, 6.07) is 17.3. The second-order valence-electron chi connectivity index (χ2n) is 5.46. The van der Waals surface area contributed by atoms with E-state index in [1.54, 1.807) is 6.20 Å². The number of fused-ring (bicyclic) bond motifs is 1. The molecular weight excluding hydrogens is 304 g/mol. The fourth-order valence-electron chi connectivity index (χ4n) is 2.48. The first-order valence-electron chi connectivity index (χ1n) is 7.73. The van der Waals surface area contributed by atoms with Gasteiger partial charge in [0.15, 0.2) is 6.61 Å². The smallest absolute Gasteiger partial charge is 0.310 e. The van der Waals surface area contributed by atoms with Crippen LogP contribution in [-0.2, 0) is 27.3 Å². The van der Waals surface area contributed by atoms with E-state index in [9.17, 15) is 9.59 Å². The maximum absolute atomic E-state index is 11.9. The van der Waals surface area contributed by atoms with Gasteiger partial charge in [-0.15, -0.1) is 0 Å². The Hall–Kier alpha value is -3.08. The molecule has 1 amide bonds. The lowest BCUT2D eigenvalue weighted by molar-refractivity contribution is -0.147. The summed E-state index contributed by atoms with van der Waals surface area (Å²) in [5.74, 6) is -0.735. The van der Waals surface area contributed by atoms with Crippen molar-refractivity contribution in [2.24, 2.45) is 0 Å². The van der Waals surface area contributed by atoms with E-state index in [-0.39, 0.29) is 18.9 Å².